The van der Waals surface area contributed by atoms with E-state index in [2.05, 4.69) is 39.3 Å². The third-order valence-corrected chi connectivity index (χ3v) is 6.79. The fourth-order valence-electron chi connectivity index (χ4n) is 4.71. The van der Waals surface area contributed by atoms with Crippen LogP contribution in [0.3, 0.4) is 0 Å². The Kier molecular flexibility index (Phi) is 4.30. The minimum atomic E-state index is -0.199. The summed E-state index contributed by atoms with van der Waals surface area (Å²) in [5, 5.41) is 9.49. The Hall–Kier alpha value is -2.90. The number of likely N-dealkylation sites (tertiary alicyclic amines) is 1. The zero-order chi connectivity index (χ0) is 21.1. The topological polar surface area (TPSA) is 72.3 Å². The number of halogens is 1. The van der Waals surface area contributed by atoms with Gasteiger partial charge in [0.2, 0.25) is 0 Å². The van der Waals surface area contributed by atoms with E-state index in [1.165, 1.54) is 5.56 Å². The van der Waals surface area contributed by atoms with Gasteiger partial charge in [0, 0.05) is 36.8 Å². The van der Waals surface area contributed by atoms with Crippen LogP contribution >= 0.6 is 0 Å². The SMILES string of the molecule is C[C@@H](c1ccc2nnc(-c3ccc4ccc(C5CC5)c(F)c4n3)n2c1)N1CC[C@H](N)C1. The van der Waals surface area contributed by atoms with Crippen LogP contribution in [0.5, 0.6) is 0 Å². The van der Waals surface area contributed by atoms with Gasteiger partial charge in [0.25, 0.3) is 0 Å². The molecule has 6 nitrogen and oxygen atoms in total. The summed E-state index contributed by atoms with van der Waals surface area (Å²) in [6, 6.07) is 12.2. The molecule has 1 aliphatic heterocycles. The highest BCUT2D eigenvalue weighted by molar-refractivity contribution is 5.82. The molecule has 2 atom stereocenters. The lowest BCUT2D eigenvalue weighted by molar-refractivity contribution is 0.259. The second-order valence-electron chi connectivity index (χ2n) is 8.95. The van der Waals surface area contributed by atoms with Gasteiger partial charge < -0.3 is 5.73 Å². The summed E-state index contributed by atoms with van der Waals surface area (Å²) in [5.41, 5.74) is 9.84. The molecule has 3 aromatic heterocycles. The lowest BCUT2D eigenvalue weighted by Crippen LogP contribution is -2.28. The summed E-state index contributed by atoms with van der Waals surface area (Å²) >= 11 is 0. The van der Waals surface area contributed by atoms with Crippen molar-refractivity contribution in [1.29, 1.82) is 0 Å². The first kappa shape index (κ1) is 18.8. The predicted molar refractivity (Wildman–Crippen MR) is 118 cm³/mol. The zero-order valence-corrected chi connectivity index (χ0v) is 17.5. The van der Waals surface area contributed by atoms with Crippen molar-refractivity contribution in [2.24, 2.45) is 5.73 Å². The first-order valence-corrected chi connectivity index (χ1v) is 11.0. The zero-order valence-electron chi connectivity index (χ0n) is 17.5. The van der Waals surface area contributed by atoms with Crippen molar-refractivity contribution in [2.45, 2.75) is 44.2 Å². The van der Waals surface area contributed by atoms with Crippen LogP contribution in [0, 0.1) is 5.82 Å². The molecule has 2 aliphatic rings. The van der Waals surface area contributed by atoms with Crippen LogP contribution in [-0.4, -0.2) is 43.6 Å². The molecule has 2 fully saturated rings. The van der Waals surface area contributed by atoms with Gasteiger partial charge in [-0.3, -0.25) is 9.30 Å². The number of hydrogen-bond donors (Lipinski definition) is 1. The smallest absolute Gasteiger partial charge is 0.187 e. The van der Waals surface area contributed by atoms with Crippen LogP contribution in [0.4, 0.5) is 4.39 Å². The van der Waals surface area contributed by atoms with Crippen molar-refractivity contribution < 1.29 is 4.39 Å². The third-order valence-electron chi connectivity index (χ3n) is 6.79. The Morgan fingerprint density at radius 2 is 1.90 bits per heavy atom. The number of hydrogen-bond acceptors (Lipinski definition) is 5. The van der Waals surface area contributed by atoms with Gasteiger partial charge >= 0.3 is 0 Å². The predicted octanol–water partition coefficient (Wildman–Crippen LogP) is 4.06. The monoisotopic (exact) mass is 416 g/mol. The van der Waals surface area contributed by atoms with Gasteiger partial charge in [-0.15, -0.1) is 10.2 Å². The maximum atomic E-state index is 15.1. The van der Waals surface area contributed by atoms with Crippen LogP contribution in [0.25, 0.3) is 28.1 Å². The first-order valence-electron chi connectivity index (χ1n) is 11.0. The fourth-order valence-corrected chi connectivity index (χ4v) is 4.71. The van der Waals surface area contributed by atoms with Gasteiger partial charge in [0.05, 0.1) is 0 Å². The van der Waals surface area contributed by atoms with Crippen LogP contribution in [0.15, 0.2) is 42.6 Å². The standard InChI is InChI=1S/C24H25FN6/c1-14(30-11-10-18(26)13-30)17-6-9-21-28-29-24(31(21)12-17)20-8-5-16-4-7-19(15-2-3-15)22(25)23(16)27-20/h4-9,12,14-15,18H,2-3,10-11,13,26H2,1H3/t14-,18-/m0/s1. The first-order chi connectivity index (χ1) is 15.1. The Labute approximate surface area is 179 Å². The molecule has 31 heavy (non-hydrogen) atoms. The molecular weight excluding hydrogens is 391 g/mol. The van der Waals surface area contributed by atoms with Gasteiger partial charge in [-0.2, -0.15) is 0 Å². The summed E-state index contributed by atoms with van der Waals surface area (Å²) in [6.45, 7) is 4.11. The van der Waals surface area contributed by atoms with Crippen LogP contribution < -0.4 is 5.73 Å². The quantitative estimate of drug-likeness (QED) is 0.543. The Morgan fingerprint density at radius 3 is 2.68 bits per heavy atom. The molecule has 0 amide bonds. The Bertz CT molecular complexity index is 1290. The molecule has 4 aromatic rings. The Balaban J connectivity index is 1.42. The molecule has 0 unspecified atom stereocenters. The highest BCUT2D eigenvalue weighted by atomic mass is 19.1. The van der Waals surface area contributed by atoms with Crippen LogP contribution in [0.2, 0.25) is 0 Å². The van der Waals surface area contributed by atoms with E-state index in [1.54, 1.807) is 0 Å². The van der Waals surface area contributed by atoms with Gasteiger partial charge in [-0.1, -0.05) is 24.3 Å². The number of nitrogens with two attached hydrogens (primary N) is 1. The Morgan fingerprint density at radius 1 is 1.06 bits per heavy atom. The number of rotatable bonds is 4. The van der Waals surface area contributed by atoms with E-state index in [-0.39, 0.29) is 17.9 Å². The number of nitrogens with zero attached hydrogens (tertiary/aromatic N) is 5. The second kappa shape index (κ2) is 7.07. The maximum Gasteiger partial charge on any atom is 0.187 e. The number of fused-ring (bicyclic) bond motifs is 2. The minimum absolute atomic E-state index is 0.199. The summed E-state index contributed by atoms with van der Waals surface area (Å²) in [4.78, 5) is 7.08. The second-order valence-corrected chi connectivity index (χ2v) is 8.95. The lowest BCUT2D eigenvalue weighted by Gasteiger charge is -2.24. The molecule has 2 N–H and O–H groups in total. The molecule has 0 spiro atoms. The van der Waals surface area contributed by atoms with Gasteiger partial charge in [-0.25, -0.2) is 9.37 Å². The maximum absolute atomic E-state index is 15.1. The molecule has 1 saturated heterocycles. The van der Waals surface area contributed by atoms with Gasteiger partial charge in [0.15, 0.2) is 17.3 Å². The molecule has 0 radical (unpaired) electrons. The fraction of sp³-hybridized carbons (Fsp3) is 0.375. The van der Waals surface area contributed by atoms with Crippen LogP contribution in [-0.2, 0) is 0 Å². The molecule has 1 aromatic carbocycles. The number of benzene rings is 1. The lowest BCUT2D eigenvalue weighted by atomic mass is 10.1. The number of pyridine rings is 2. The van der Waals surface area contributed by atoms with Gasteiger partial charge in [-0.05, 0) is 55.4 Å². The molecule has 0 bridgehead atoms. The molecule has 4 heterocycles. The van der Waals surface area contributed by atoms with Crippen molar-refractivity contribution in [3.05, 3.63) is 59.5 Å². The van der Waals surface area contributed by atoms with Crippen molar-refractivity contribution in [2.75, 3.05) is 13.1 Å². The van der Waals surface area contributed by atoms with E-state index in [0.29, 0.717) is 23.0 Å². The van der Waals surface area contributed by atoms with Crippen molar-refractivity contribution in [3.63, 3.8) is 0 Å². The molecule has 6 rings (SSSR count). The summed E-state index contributed by atoms with van der Waals surface area (Å²) in [6.07, 6.45) is 5.21. The average molecular weight is 417 g/mol. The normalized spacial score (nSPS) is 20.7. The summed E-state index contributed by atoms with van der Waals surface area (Å²) < 4.78 is 17.1. The highest BCUT2D eigenvalue weighted by Gasteiger charge is 2.28. The molecule has 7 heteroatoms. The minimum Gasteiger partial charge on any atom is -0.326 e. The molecule has 158 valence electrons. The van der Waals surface area contributed by atoms with Crippen molar-refractivity contribution >= 4 is 16.6 Å². The molecular formula is C24H25FN6. The summed E-state index contributed by atoms with van der Waals surface area (Å²) in [5.74, 6) is 0.766. The van der Waals surface area contributed by atoms with E-state index in [4.69, 9.17) is 5.73 Å². The highest BCUT2D eigenvalue weighted by Crippen LogP contribution is 2.42. The summed E-state index contributed by atoms with van der Waals surface area (Å²) in [7, 11) is 0. The molecule has 1 aliphatic carbocycles. The average Bonchev–Trinajstić information content (AvgIpc) is 3.39. The van der Waals surface area contributed by atoms with E-state index in [1.807, 2.05) is 34.7 Å². The van der Waals surface area contributed by atoms with Gasteiger partial charge in [0.1, 0.15) is 11.2 Å². The third kappa shape index (κ3) is 3.20. The van der Waals surface area contributed by atoms with E-state index < -0.39 is 0 Å². The largest absolute Gasteiger partial charge is 0.326 e. The van der Waals surface area contributed by atoms with Crippen LogP contribution in [0.1, 0.15) is 49.3 Å². The molecule has 1 saturated carbocycles. The van der Waals surface area contributed by atoms with E-state index in [0.717, 1.165) is 48.9 Å². The number of aromatic nitrogens is 4. The van der Waals surface area contributed by atoms with Crippen molar-refractivity contribution in [3.8, 4) is 11.5 Å². The van der Waals surface area contributed by atoms with E-state index >= 15 is 4.39 Å². The van der Waals surface area contributed by atoms with Crippen molar-refractivity contribution in [1.82, 2.24) is 24.5 Å². The van der Waals surface area contributed by atoms with E-state index in [9.17, 15) is 0 Å².